The summed E-state index contributed by atoms with van der Waals surface area (Å²) in [5.41, 5.74) is 0.908. The van der Waals surface area contributed by atoms with E-state index in [1.165, 1.54) is 6.08 Å². The zero-order valence-corrected chi connectivity index (χ0v) is 12.5. The van der Waals surface area contributed by atoms with Crippen molar-refractivity contribution < 1.29 is 9.59 Å². The number of hydrogen-bond acceptors (Lipinski definition) is 5. The minimum Gasteiger partial charge on any atom is -0.288 e. The third-order valence-corrected chi connectivity index (χ3v) is 2.96. The lowest BCUT2D eigenvalue weighted by atomic mass is 9.95. The lowest BCUT2D eigenvalue weighted by molar-refractivity contribution is 0.0962. The molecule has 0 amide bonds. The molecule has 0 aliphatic rings. The van der Waals surface area contributed by atoms with E-state index in [9.17, 15) is 9.59 Å². The number of rotatable bonds is 5. The molecular formula is C18H17N3O2. The number of carbonyl (C=O) groups is 2. The van der Waals surface area contributed by atoms with Crippen molar-refractivity contribution in [3.63, 3.8) is 0 Å². The van der Waals surface area contributed by atoms with E-state index in [-0.39, 0.29) is 23.6 Å². The van der Waals surface area contributed by atoms with Gasteiger partial charge in [0.05, 0.1) is 18.1 Å². The minimum absolute atomic E-state index is 0.0203. The largest absolute Gasteiger partial charge is 0.288 e. The monoisotopic (exact) mass is 307 g/mol. The molecule has 23 heavy (non-hydrogen) atoms. The molecule has 0 aliphatic heterocycles. The summed E-state index contributed by atoms with van der Waals surface area (Å²) in [7, 11) is 0. The Kier molecular flexibility index (Phi) is 7.65. The van der Waals surface area contributed by atoms with Crippen LogP contribution in [0.25, 0.3) is 0 Å². The molecule has 0 heterocycles. The lowest BCUT2D eigenvalue weighted by Crippen LogP contribution is -2.13. The molecule has 0 aromatic heterocycles. The van der Waals surface area contributed by atoms with Gasteiger partial charge in [-0.05, 0) is 0 Å². The van der Waals surface area contributed by atoms with E-state index >= 15 is 0 Å². The van der Waals surface area contributed by atoms with Gasteiger partial charge in [-0.1, -0.05) is 66.7 Å². The predicted molar refractivity (Wildman–Crippen MR) is 88.2 cm³/mol. The Morgan fingerprint density at radius 3 is 1.61 bits per heavy atom. The highest BCUT2D eigenvalue weighted by molar-refractivity contribution is 6.30. The van der Waals surface area contributed by atoms with Crippen molar-refractivity contribution in [2.45, 2.75) is 6.42 Å². The maximum absolute atomic E-state index is 12.5. The van der Waals surface area contributed by atoms with E-state index in [1.807, 2.05) is 6.07 Å². The Hall–Kier alpha value is -3.07. The second kappa shape index (κ2) is 9.79. The maximum atomic E-state index is 12.5. The van der Waals surface area contributed by atoms with Crippen LogP contribution in [0.5, 0.6) is 0 Å². The van der Waals surface area contributed by atoms with Crippen LogP contribution >= 0.6 is 0 Å². The van der Waals surface area contributed by atoms with Crippen molar-refractivity contribution in [3.05, 3.63) is 83.4 Å². The third-order valence-electron chi connectivity index (χ3n) is 2.96. The molecule has 116 valence electrons. The van der Waals surface area contributed by atoms with Gasteiger partial charge in [0, 0.05) is 11.1 Å². The van der Waals surface area contributed by atoms with Crippen molar-refractivity contribution in [1.82, 2.24) is 0 Å². The summed E-state index contributed by atoms with van der Waals surface area (Å²) in [5.74, 6) is 7.28. The second-order valence-electron chi connectivity index (χ2n) is 4.37. The number of Topliss-reactive ketones (excluding diaryl/α,β-unsaturated/α-hetero) is 2. The molecule has 0 spiro atoms. The van der Waals surface area contributed by atoms with Crippen LogP contribution in [0.1, 0.15) is 27.1 Å². The first-order valence-corrected chi connectivity index (χ1v) is 6.84. The van der Waals surface area contributed by atoms with E-state index in [0.717, 1.165) is 0 Å². The first-order valence-electron chi connectivity index (χ1n) is 6.84. The number of benzene rings is 2. The van der Waals surface area contributed by atoms with E-state index in [2.05, 4.69) is 11.7 Å². The van der Waals surface area contributed by atoms with Crippen LogP contribution in [0.15, 0.2) is 72.3 Å². The van der Waals surface area contributed by atoms with Crippen molar-refractivity contribution in [1.29, 1.82) is 5.26 Å². The molecule has 5 nitrogen and oxygen atoms in total. The zero-order chi connectivity index (χ0) is 17.1. The number of hydrogen-bond donors (Lipinski definition) is 2. The van der Waals surface area contributed by atoms with Crippen LogP contribution in [0, 0.1) is 11.3 Å². The number of nitriles is 1. The fourth-order valence-corrected chi connectivity index (χ4v) is 1.93. The molecule has 0 radical (unpaired) electrons. The van der Waals surface area contributed by atoms with Gasteiger partial charge in [0.15, 0.2) is 11.6 Å². The molecule has 0 atom stereocenters. The number of hydrazine groups is 1. The summed E-state index contributed by atoms with van der Waals surface area (Å²) in [6, 6.07) is 19.1. The fraction of sp³-hybridized carbons (Fsp3) is 0.0556. The number of nitrogens with two attached hydrogens (primary N) is 2. The highest BCUT2D eigenvalue weighted by atomic mass is 16.1. The van der Waals surface area contributed by atoms with Gasteiger partial charge in [-0.15, -0.1) is 0 Å². The zero-order valence-electron chi connectivity index (χ0n) is 12.5. The van der Waals surface area contributed by atoms with E-state index in [4.69, 9.17) is 5.26 Å². The molecular weight excluding hydrogens is 290 g/mol. The summed E-state index contributed by atoms with van der Waals surface area (Å²) in [6.45, 7) is 0. The number of ketones is 2. The molecule has 0 bridgehead atoms. The number of carbonyl (C=O) groups excluding carboxylic acids is 2. The SMILES string of the molecule is N#CCC=C(C(=O)c1ccccc1)C(=O)c1ccccc1.NN. The van der Waals surface area contributed by atoms with Crippen LogP contribution in [0.2, 0.25) is 0 Å². The summed E-state index contributed by atoms with van der Waals surface area (Å²) < 4.78 is 0. The van der Waals surface area contributed by atoms with Gasteiger partial charge in [-0.2, -0.15) is 5.26 Å². The smallest absolute Gasteiger partial charge is 0.196 e. The standard InChI is InChI=1S/C18H13NO2.H4N2/c19-13-7-12-16(17(20)14-8-3-1-4-9-14)18(21)15-10-5-2-6-11-15;1-2/h1-6,8-12H,7H2;1-2H2. The molecule has 5 heteroatoms. The molecule has 0 unspecified atom stereocenters. The summed E-state index contributed by atoms with van der Waals surface area (Å²) in [5, 5.41) is 8.70. The average Bonchev–Trinajstić information content (AvgIpc) is 2.64. The quantitative estimate of drug-likeness (QED) is 0.220. The van der Waals surface area contributed by atoms with Crippen molar-refractivity contribution >= 4 is 11.6 Å². The van der Waals surface area contributed by atoms with Crippen LogP contribution in [0.3, 0.4) is 0 Å². The van der Waals surface area contributed by atoms with Gasteiger partial charge < -0.3 is 0 Å². The van der Waals surface area contributed by atoms with Gasteiger partial charge in [-0.3, -0.25) is 21.3 Å². The van der Waals surface area contributed by atoms with Crippen LogP contribution in [-0.2, 0) is 0 Å². The highest BCUT2D eigenvalue weighted by Crippen LogP contribution is 2.15. The van der Waals surface area contributed by atoms with Gasteiger partial charge >= 0.3 is 0 Å². The van der Waals surface area contributed by atoms with Crippen LogP contribution in [0.4, 0.5) is 0 Å². The fourth-order valence-electron chi connectivity index (χ4n) is 1.93. The Balaban J connectivity index is 0.00000127. The molecule has 4 N–H and O–H groups in total. The van der Waals surface area contributed by atoms with E-state index in [0.29, 0.717) is 11.1 Å². The van der Waals surface area contributed by atoms with Gasteiger partial charge in [-0.25, -0.2) is 0 Å². The minimum atomic E-state index is -0.361. The van der Waals surface area contributed by atoms with Crippen molar-refractivity contribution in [2.24, 2.45) is 11.7 Å². The third kappa shape index (κ3) is 5.00. The number of allylic oxidation sites excluding steroid dienone is 2. The normalized spacial score (nSPS) is 8.91. The topological polar surface area (TPSA) is 110 Å². The van der Waals surface area contributed by atoms with E-state index in [1.54, 1.807) is 60.7 Å². The molecule has 0 fully saturated rings. The Morgan fingerprint density at radius 2 is 1.26 bits per heavy atom. The van der Waals surface area contributed by atoms with Crippen LogP contribution < -0.4 is 11.7 Å². The molecule has 2 aromatic rings. The maximum Gasteiger partial charge on any atom is 0.196 e. The van der Waals surface area contributed by atoms with Gasteiger partial charge in [0.2, 0.25) is 0 Å². The Bertz CT molecular complexity index is 663. The summed E-state index contributed by atoms with van der Waals surface area (Å²) in [6.07, 6.45) is 1.41. The Labute approximate surface area is 134 Å². The predicted octanol–water partition coefficient (Wildman–Crippen LogP) is 2.41. The first kappa shape index (κ1) is 18.0. The van der Waals surface area contributed by atoms with E-state index < -0.39 is 0 Å². The molecule has 0 saturated heterocycles. The summed E-state index contributed by atoms with van der Waals surface area (Å²) >= 11 is 0. The molecule has 2 rings (SSSR count). The highest BCUT2D eigenvalue weighted by Gasteiger charge is 2.20. The lowest BCUT2D eigenvalue weighted by Gasteiger charge is -2.06. The van der Waals surface area contributed by atoms with Crippen molar-refractivity contribution in [3.8, 4) is 6.07 Å². The first-order chi connectivity index (χ1) is 11.2. The van der Waals surface area contributed by atoms with Crippen LogP contribution in [-0.4, -0.2) is 11.6 Å². The molecule has 0 saturated carbocycles. The summed E-state index contributed by atoms with van der Waals surface area (Å²) in [4.78, 5) is 24.9. The second-order valence-corrected chi connectivity index (χ2v) is 4.37. The number of nitrogens with zero attached hydrogens (tertiary/aromatic N) is 1. The average molecular weight is 307 g/mol. The van der Waals surface area contributed by atoms with Gasteiger partial charge in [0.25, 0.3) is 0 Å². The van der Waals surface area contributed by atoms with Crippen molar-refractivity contribution in [2.75, 3.05) is 0 Å². The molecule has 2 aromatic carbocycles. The van der Waals surface area contributed by atoms with Gasteiger partial charge in [0.1, 0.15) is 0 Å². The molecule has 0 aliphatic carbocycles. The Morgan fingerprint density at radius 1 is 0.870 bits per heavy atom.